The van der Waals surface area contributed by atoms with E-state index in [1.165, 1.54) is 6.04 Å². The SMILES string of the molecule is C.CCCCO.CCCCOc1nc(N)c2c(ccn2COCC[Si](C)(C)C)n1.CCCCOc1nc(N)c2c(n1)C=CC2.CI.C[Si](C)(C)CCOCCl.C[Si](C)(C)CCOCn1ccc2nc(Cl)nc(Cl)c21.C[Si](C)(C)CCOCn1ccc2nc(Cl)nc(N)c21.Clc1nc(Cl)c2c(n1)C=CC2.II.N.O.[H-].[I][V]([I])[I].[I][V][I].[Na+]. The summed E-state index contributed by atoms with van der Waals surface area (Å²) < 4.78 is 38.9. The number of aliphatic hydroxyl groups is 1. The molecule has 8 heterocycles. The van der Waals surface area contributed by atoms with E-state index in [0.29, 0.717) is 95.3 Å². The van der Waals surface area contributed by atoms with Crippen molar-refractivity contribution in [2.75, 3.05) is 74.4 Å². The van der Waals surface area contributed by atoms with Crippen molar-refractivity contribution < 1.29 is 84.4 Å². The van der Waals surface area contributed by atoms with E-state index in [9.17, 15) is 0 Å². The number of anilines is 3. The predicted molar refractivity (Wildman–Crippen MR) is 565 cm³/mol. The van der Waals surface area contributed by atoms with Gasteiger partial charge in [-0.25, -0.2) is 24.9 Å². The van der Waals surface area contributed by atoms with E-state index in [4.69, 9.17) is 120 Å². The molecule has 0 unspecified atom stereocenters. The zero-order valence-electron chi connectivity index (χ0n) is 69.9. The summed E-state index contributed by atoms with van der Waals surface area (Å²) >= 11 is 52.9. The van der Waals surface area contributed by atoms with Crippen LogP contribution in [0, 0.1) is 0 Å². The summed E-state index contributed by atoms with van der Waals surface area (Å²) in [5.41, 5.74) is 26.1. The Balaban J connectivity index is -0.000000307. The van der Waals surface area contributed by atoms with Crippen LogP contribution in [0.25, 0.3) is 45.3 Å². The molecule has 0 amide bonds. The van der Waals surface area contributed by atoms with Gasteiger partial charge in [0.2, 0.25) is 15.9 Å². The summed E-state index contributed by atoms with van der Waals surface area (Å²) in [5, 5.41) is 9.42. The number of aromatic nitrogens is 13. The average Bonchev–Trinajstić information content (AvgIpc) is 1.65. The van der Waals surface area contributed by atoms with E-state index in [1.807, 2.05) is 79.7 Å². The van der Waals surface area contributed by atoms with Crippen LogP contribution < -0.4 is 62.4 Å². The largest absolute Gasteiger partial charge is 1.00 e. The van der Waals surface area contributed by atoms with Gasteiger partial charge >= 0.3 is 156 Å². The second kappa shape index (κ2) is 72.6. The van der Waals surface area contributed by atoms with Gasteiger partial charge in [-0.05, 0) is 126 Å². The number of halogens is 14. The molecule has 659 valence electrons. The molecule has 2 aliphatic carbocycles. The van der Waals surface area contributed by atoms with Gasteiger partial charge in [-0.15, -0.1) is 0 Å². The van der Waals surface area contributed by atoms with Gasteiger partial charge in [-0.2, -0.15) is 24.9 Å². The van der Waals surface area contributed by atoms with Crippen molar-refractivity contribution in [3.63, 3.8) is 0 Å². The van der Waals surface area contributed by atoms with Crippen LogP contribution in [0.4, 0.5) is 17.5 Å². The van der Waals surface area contributed by atoms with Crippen molar-refractivity contribution in [2.45, 2.75) is 202 Å². The summed E-state index contributed by atoms with van der Waals surface area (Å²) in [4.78, 5) is 42.8. The number of hydrogen-bond donors (Lipinski definition) is 5. The molecular formula is C70H121Cl6I8N17NaO8Si4V2. The van der Waals surface area contributed by atoms with Crippen molar-refractivity contribution in [2.24, 2.45) is 0 Å². The Kier molecular flexibility index (Phi) is 79.7. The molecule has 0 saturated carbocycles. The molecule has 0 bridgehead atoms. The first-order chi connectivity index (χ1) is 52.8. The van der Waals surface area contributed by atoms with Crippen molar-refractivity contribution in [1.82, 2.24) is 69.7 Å². The minimum atomic E-state index is -1.07. The predicted octanol–water partition coefficient (Wildman–Crippen LogP) is 22.3. The molecule has 116 heavy (non-hydrogen) atoms. The molecule has 0 spiro atoms. The normalized spacial score (nSPS) is 11.2. The summed E-state index contributed by atoms with van der Waals surface area (Å²) in [7, 11) is -3.42. The molecule has 8 aromatic heterocycles. The standard InChI is InChI=1S/C16H28N4O2Si.C12H17Cl2N3OSi.C12H19ClN4OSi.C11H15N3O.C7H4Cl2N2.C6H15ClOSi.C4H10O.CH3I.CH4.I2.5HI.H3N.Na.H2O.2V.H/c1-5-6-9-22-16-18-13-7-8-20(14(13)15(17)19-16)12-21-10-11-23(2,3)4;1-19(2,3)7-6-18-8-17-5-4-9-10(17)11(13)16-12(14)15-9;1-19(2,3)7-6-18-8-17-5-4-9-10(17)11(14)16-12(13)15-9;1-2-3-7-15-11-13-9-6-4-5-8(9)10(12)14-11;8-6-4-2-1-3-5(4)10-7(9)11-6;1-9(2,3)5-4-8-6-7;1-2-3-4-5;1-2;;1-2;;;;;;;;;;;/h7-8H,5-6,9-12H2,1-4H3,(H2,17,18,19);4-5H,6-8H2,1-3H3;4-5H,6-8H2,1-3H3,(H2,14,15,16);4,6H,2-3,5,7H2,1H3,(H2,12,13,14);1,3H,2H2;4-6H2,1-3H3;5H,2-4H2,1H3;1H3;1H4;;5*1H;1H3;;1H2;;;/q;;;;;;;;;;;;;;;;+1;;+2;+3;-1/p-5. The molecule has 0 atom stereocenters. The average molecular weight is 2790 g/mol. The van der Waals surface area contributed by atoms with Crippen LogP contribution in [0.15, 0.2) is 48.9 Å². The number of alkyl halides is 2. The number of rotatable bonds is 29. The van der Waals surface area contributed by atoms with Crippen molar-refractivity contribution >= 4 is 324 Å². The topological polar surface area (TPSA) is 364 Å². The molecule has 25 nitrogen and oxygen atoms in total. The number of nitrogens with two attached hydrogens (primary N) is 3. The van der Waals surface area contributed by atoms with Crippen LogP contribution >= 0.6 is 229 Å². The Hall–Kier alpha value is 2.84. The molecular weight excluding hydrogens is 2670 g/mol. The zero-order valence-corrected chi connectivity index (χ0v) is 99.5. The molecule has 0 aliphatic heterocycles. The van der Waals surface area contributed by atoms with Gasteiger partial charge in [-0.3, -0.25) is 0 Å². The molecule has 8 aromatic rings. The van der Waals surface area contributed by atoms with Crippen LogP contribution in [0.5, 0.6) is 12.0 Å². The minimum Gasteiger partial charge on any atom is 1.00 e. The van der Waals surface area contributed by atoms with Crippen LogP contribution in [-0.2, 0) is 66.4 Å². The second-order valence-corrected chi connectivity index (χ2v) is 100. The van der Waals surface area contributed by atoms with Gasteiger partial charge in [0.15, 0.2) is 16.8 Å². The molecule has 10 rings (SSSR count). The minimum absolute atomic E-state index is 0. The molecule has 0 radical (unpaired) electrons. The van der Waals surface area contributed by atoms with E-state index in [2.05, 4.69) is 309 Å². The molecule has 0 saturated heterocycles. The third kappa shape index (κ3) is 58.4. The summed E-state index contributed by atoms with van der Waals surface area (Å²) in [6, 6.07) is 11.4. The van der Waals surface area contributed by atoms with Crippen LogP contribution in [-0.4, -0.2) is 164 Å². The first-order valence-electron chi connectivity index (χ1n) is 35.6. The Morgan fingerprint density at radius 1 is 0.491 bits per heavy atom. The van der Waals surface area contributed by atoms with E-state index in [-0.39, 0.29) is 70.8 Å². The van der Waals surface area contributed by atoms with E-state index in [0.717, 1.165) is 152 Å². The first-order valence-corrected chi connectivity index (χ1v) is 83.8. The van der Waals surface area contributed by atoms with Crippen LogP contribution in [0.1, 0.15) is 90.7 Å². The van der Waals surface area contributed by atoms with Gasteiger partial charge in [0.1, 0.15) is 53.8 Å². The summed E-state index contributed by atoms with van der Waals surface area (Å²) in [6.45, 7) is 40.4. The van der Waals surface area contributed by atoms with Gasteiger partial charge in [0, 0.05) is 132 Å². The molecule has 0 aromatic carbocycles. The van der Waals surface area contributed by atoms with Gasteiger partial charge < -0.3 is 77.5 Å². The van der Waals surface area contributed by atoms with Crippen LogP contribution in [0.3, 0.4) is 0 Å². The molecule has 46 heteroatoms. The Morgan fingerprint density at radius 3 is 1.21 bits per heavy atom. The number of unbranched alkanes of at least 4 members (excludes halogenated alkanes) is 3. The Morgan fingerprint density at radius 2 is 0.819 bits per heavy atom. The van der Waals surface area contributed by atoms with E-state index in [1.54, 1.807) is 0 Å². The van der Waals surface area contributed by atoms with Crippen molar-refractivity contribution in [1.29, 1.82) is 0 Å². The zero-order chi connectivity index (χ0) is 85.2. The van der Waals surface area contributed by atoms with Gasteiger partial charge in [0.05, 0.1) is 41.2 Å². The number of allylic oxidation sites excluding steroid dienone is 2. The fraction of sp³-hybridized carbons (Fsp3) is 0.571. The van der Waals surface area contributed by atoms with E-state index < -0.39 is 32.3 Å². The maximum atomic E-state index is 8.07. The quantitative estimate of drug-likeness (QED) is 0.00726. The van der Waals surface area contributed by atoms with E-state index >= 15 is 0 Å². The third-order valence-electron chi connectivity index (χ3n) is 14.7. The number of nitrogen functional groups attached to an aromatic ring is 3. The smallest absolute Gasteiger partial charge is 1.00 e. The van der Waals surface area contributed by atoms with Crippen LogP contribution in [0.2, 0.25) is 129 Å². The number of hydrogen-bond acceptors (Lipinski definition) is 21. The Labute approximate surface area is 851 Å². The van der Waals surface area contributed by atoms with Crippen molar-refractivity contribution in [3.05, 3.63) is 97.6 Å². The number of ether oxygens (including phenoxy) is 6. The monoisotopic (exact) mass is 2790 g/mol. The number of aliphatic hydroxyl groups excluding tert-OH is 1. The third-order valence-corrected chi connectivity index (χ3v) is 22.8. The van der Waals surface area contributed by atoms with Crippen molar-refractivity contribution in [3.8, 4) is 12.0 Å². The molecule has 2 aliphatic rings. The first kappa shape index (κ1) is 127. The Bertz CT molecular complexity index is 3890. The second-order valence-electron chi connectivity index (χ2n) is 28.8. The fourth-order valence-electron chi connectivity index (χ4n) is 8.73. The molecule has 12 N–H and O–H groups in total. The maximum Gasteiger partial charge on any atom is 1.00 e. The van der Waals surface area contributed by atoms with Gasteiger partial charge in [0.25, 0.3) is 0 Å². The maximum absolute atomic E-state index is 8.07. The molecule has 0 fully saturated rings. The number of nitrogens with zero attached hydrogens (tertiary/aromatic N) is 13. The van der Waals surface area contributed by atoms with Gasteiger partial charge in [-0.1, -0.05) is 196 Å². The number of fused-ring (bicyclic) bond motifs is 5. The summed E-state index contributed by atoms with van der Waals surface area (Å²) in [5.74, 6) is 1.35. The summed E-state index contributed by atoms with van der Waals surface area (Å²) in [6.07, 6.45) is 21.4. The fourth-order valence-corrected chi connectivity index (χ4v) is 13.0.